The molecule has 1 heterocycles. The van der Waals surface area contributed by atoms with Crippen LogP contribution in [0.4, 0.5) is 0 Å². The van der Waals surface area contributed by atoms with E-state index in [1.165, 1.54) is 5.56 Å². The molecule has 0 unspecified atom stereocenters. The Kier molecular flexibility index (Phi) is 3.78. The Morgan fingerprint density at radius 2 is 2.06 bits per heavy atom. The highest BCUT2D eigenvalue weighted by Crippen LogP contribution is 2.33. The SMILES string of the molecule is CC(C)(C)c1cc(Br)cc2nc(CCCN)oc12. The van der Waals surface area contributed by atoms with Crippen LogP contribution in [-0.4, -0.2) is 11.5 Å². The number of oxazole rings is 1. The van der Waals surface area contributed by atoms with Crippen LogP contribution in [0.2, 0.25) is 0 Å². The third kappa shape index (κ3) is 2.75. The first-order chi connectivity index (χ1) is 8.41. The lowest BCUT2D eigenvalue weighted by Gasteiger charge is -2.19. The average molecular weight is 311 g/mol. The Morgan fingerprint density at radius 1 is 1.33 bits per heavy atom. The van der Waals surface area contributed by atoms with Gasteiger partial charge in [0.25, 0.3) is 0 Å². The highest BCUT2D eigenvalue weighted by Gasteiger charge is 2.21. The summed E-state index contributed by atoms with van der Waals surface area (Å²) in [6, 6.07) is 4.11. The van der Waals surface area contributed by atoms with Gasteiger partial charge in [0.05, 0.1) is 0 Å². The monoisotopic (exact) mass is 310 g/mol. The Balaban J connectivity index is 2.53. The molecule has 0 atom stereocenters. The van der Waals surface area contributed by atoms with Crippen LogP contribution in [-0.2, 0) is 11.8 Å². The number of rotatable bonds is 3. The molecule has 1 aromatic carbocycles. The first-order valence-corrected chi connectivity index (χ1v) is 7.00. The van der Waals surface area contributed by atoms with E-state index in [0.717, 1.165) is 34.3 Å². The number of nitrogens with zero attached hydrogens (tertiary/aromatic N) is 1. The van der Waals surface area contributed by atoms with Crippen molar-refractivity contribution < 1.29 is 4.42 Å². The van der Waals surface area contributed by atoms with Crippen molar-refractivity contribution in [2.24, 2.45) is 5.73 Å². The predicted octanol–water partition coefficient (Wildman–Crippen LogP) is 3.78. The quantitative estimate of drug-likeness (QED) is 0.938. The van der Waals surface area contributed by atoms with E-state index in [9.17, 15) is 0 Å². The van der Waals surface area contributed by atoms with Crippen LogP contribution in [0.25, 0.3) is 11.1 Å². The molecule has 0 aliphatic rings. The van der Waals surface area contributed by atoms with Gasteiger partial charge < -0.3 is 10.2 Å². The Bertz CT molecular complexity index is 555. The molecule has 0 saturated carbocycles. The van der Waals surface area contributed by atoms with E-state index in [4.69, 9.17) is 10.2 Å². The van der Waals surface area contributed by atoms with Crippen molar-refractivity contribution in [3.8, 4) is 0 Å². The number of aromatic nitrogens is 1. The summed E-state index contributed by atoms with van der Waals surface area (Å²) in [4.78, 5) is 4.53. The molecule has 0 aliphatic carbocycles. The third-order valence-corrected chi connectivity index (χ3v) is 3.36. The highest BCUT2D eigenvalue weighted by atomic mass is 79.9. The number of nitrogens with two attached hydrogens (primary N) is 1. The maximum absolute atomic E-state index is 5.90. The first kappa shape index (κ1) is 13.6. The van der Waals surface area contributed by atoms with Crippen molar-refractivity contribution in [1.82, 2.24) is 4.98 Å². The van der Waals surface area contributed by atoms with Gasteiger partial charge in [0.1, 0.15) is 5.52 Å². The van der Waals surface area contributed by atoms with Gasteiger partial charge in [-0.1, -0.05) is 36.7 Å². The predicted molar refractivity (Wildman–Crippen MR) is 77.8 cm³/mol. The zero-order valence-corrected chi connectivity index (χ0v) is 12.7. The van der Waals surface area contributed by atoms with Gasteiger partial charge in [-0.15, -0.1) is 0 Å². The summed E-state index contributed by atoms with van der Waals surface area (Å²) in [6.45, 7) is 7.19. The summed E-state index contributed by atoms with van der Waals surface area (Å²) < 4.78 is 6.94. The maximum atomic E-state index is 5.90. The molecule has 0 saturated heterocycles. The van der Waals surface area contributed by atoms with E-state index in [1.54, 1.807) is 0 Å². The number of hydrogen-bond donors (Lipinski definition) is 1. The molecular formula is C14H19BrN2O. The molecule has 0 amide bonds. The summed E-state index contributed by atoms with van der Waals surface area (Å²) >= 11 is 3.54. The summed E-state index contributed by atoms with van der Waals surface area (Å²) in [5.41, 5.74) is 8.55. The molecule has 18 heavy (non-hydrogen) atoms. The minimum atomic E-state index is 0.0344. The van der Waals surface area contributed by atoms with Crippen molar-refractivity contribution in [3.63, 3.8) is 0 Å². The molecule has 0 spiro atoms. The molecule has 2 rings (SSSR count). The standard InChI is InChI=1S/C14H19BrN2O/c1-14(2,3)10-7-9(15)8-11-13(10)18-12(17-11)5-4-6-16/h7-8H,4-6,16H2,1-3H3. The van der Waals surface area contributed by atoms with E-state index < -0.39 is 0 Å². The molecule has 1 aromatic heterocycles. The van der Waals surface area contributed by atoms with E-state index in [1.807, 2.05) is 6.07 Å². The van der Waals surface area contributed by atoms with Gasteiger partial charge in [-0.25, -0.2) is 4.98 Å². The summed E-state index contributed by atoms with van der Waals surface area (Å²) in [6.07, 6.45) is 1.70. The molecule has 2 N–H and O–H groups in total. The van der Waals surface area contributed by atoms with Crippen LogP contribution in [0.5, 0.6) is 0 Å². The topological polar surface area (TPSA) is 52.0 Å². The zero-order valence-electron chi connectivity index (χ0n) is 11.1. The minimum Gasteiger partial charge on any atom is -0.440 e. The minimum absolute atomic E-state index is 0.0344. The smallest absolute Gasteiger partial charge is 0.195 e. The molecule has 0 bridgehead atoms. The van der Waals surface area contributed by atoms with Crippen LogP contribution < -0.4 is 5.73 Å². The third-order valence-electron chi connectivity index (χ3n) is 2.90. The summed E-state index contributed by atoms with van der Waals surface area (Å²) in [7, 11) is 0. The lowest BCUT2D eigenvalue weighted by Crippen LogP contribution is -2.11. The number of halogens is 1. The van der Waals surface area contributed by atoms with Gasteiger partial charge >= 0.3 is 0 Å². The van der Waals surface area contributed by atoms with Crippen molar-refractivity contribution in [1.29, 1.82) is 0 Å². The second-order valence-corrected chi connectivity index (χ2v) is 6.47. The van der Waals surface area contributed by atoms with Crippen molar-refractivity contribution in [2.45, 2.75) is 39.0 Å². The average Bonchev–Trinajstić information content (AvgIpc) is 2.66. The van der Waals surface area contributed by atoms with E-state index >= 15 is 0 Å². The second-order valence-electron chi connectivity index (χ2n) is 5.55. The van der Waals surface area contributed by atoms with Crippen LogP contribution in [0, 0.1) is 0 Å². The number of fused-ring (bicyclic) bond motifs is 1. The first-order valence-electron chi connectivity index (χ1n) is 6.21. The van der Waals surface area contributed by atoms with Gasteiger partial charge in [0.2, 0.25) is 0 Å². The zero-order chi connectivity index (χ0) is 13.3. The van der Waals surface area contributed by atoms with Gasteiger partial charge in [-0.05, 0) is 30.5 Å². The fraction of sp³-hybridized carbons (Fsp3) is 0.500. The molecule has 98 valence electrons. The normalized spacial score (nSPS) is 12.3. The fourth-order valence-electron chi connectivity index (χ4n) is 1.96. The molecule has 0 radical (unpaired) electrons. The van der Waals surface area contributed by atoms with E-state index in [2.05, 4.69) is 47.8 Å². The number of aryl methyl sites for hydroxylation is 1. The van der Waals surface area contributed by atoms with Gasteiger partial charge in [-0.2, -0.15) is 0 Å². The van der Waals surface area contributed by atoms with Crippen molar-refractivity contribution >= 4 is 27.0 Å². The largest absolute Gasteiger partial charge is 0.440 e. The lowest BCUT2D eigenvalue weighted by molar-refractivity contribution is 0.505. The van der Waals surface area contributed by atoms with E-state index in [0.29, 0.717) is 6.54 Å². The van der Waals surface area contributed by atoms with E-state index in [-0.39, 0.29) is 5.41 Å². The summed E-state index contributed by atoms with van der Waals surface area (Å²) in [5.74, 6) is 0.777. The Labute approximate surface area is 116 Å². The summed E-state index contributed by atoms with van der Waals surface area (Å²) in [5, 5.41) is 0. The van der Waals surface area contributed by atoms with Crippen molar-refractivity contribution in [3.05, 3.63) is 28.1 Å². The second kappa shape index (κ2) is 5.02. The molecule has 0 aliphatic heterocycles. The van der Waals surface area contributed by atoms with Crippen LogP contribution in [0.15, 0.2) is 21.0 Å². The van der Waals surface area contributed by atoms with Gasteiger partial charge in [-0.3, -0.25) is 0 Å². The fourth-order valence-corrected chi connectivity index (χ4v) is 2.41. The Morgan fingerprint density at radius 3 is 2.67 bits per heavy atom. The van der Waals surface area contributed by atoms with Gasteiger partial charge in [0.15, 0.2) is 11.5 Å². The van der Waals surface area contributed by atoms with Crippen molar-refractivity contribution in [2.75, 3.05) is 6.54 Å². The highest BCUT2D eigenvalue weighted by molar-refractivity contribution is 9.10. The molecule has 2 aromatic rings. The van der Waals surface area contributed by atoms with Crippen LogP contribution in [0.1, 0.15) is 38.6 Å². The maximum Gasteiger partial charge on any atom is 0.195 e. The lowest BCUT2D eigenvalue weighted by atomic mass is 9.86. The molecule has 4 heteroatoms. The van der Waals surface area contributed by atoms with Crippen LogP contribution >= 0.6 is 15.9 Å². The van der Waals surface area contributed by atoms with Gasteiger partial charge in [0, 0.05) is 16.5 Å². The van der Waals surface area contributed by atoms with Crippen LogP contribution in [0.3, 0.4) is 0 Å². The Hall–Kier alpha value is -0.870. The number of hydrogen-bond acceptors (Lipinski definition) is 3. The molecular weight excluding hydrogens is 292 g/mol. The number of benzene rings is 1. The molecule has 3 nitrogen and oxygen atoms in total. The molecule has 0 fully saturated rings.